The molecule has 1 aromatic carbocycles. The van der Waals surface area contributed by atoms with E-state index in [4.69, 9.17) is 39.2 Å². The van der Waals surface area contributed by atoms with Crippen molar-refractivity contribution in [3.05, 3.63) is 80.1 Å². The van der Waals surface area contributed by atoms with Gasteiger partial charge in [0.25, 0.3) is 11.8 Å². The summed E-state index contributed by atoms with van der Waals surface area (Å²) in [4.78, 5) is 51.1. The molecular weight excluding hydrogens is 758 g/mol. The standard InChI is InChI=1S/C32H31Cl2FN10O5S2/c1-50-40-23(22-26(34)52-32(37)39-22)28(46)38-24-29(47)45-25(31(48)49)17(15-51-30(24)45)13-43-8-5-21-42(9-10-44(21)43)14-18-19(33)11-16(12-20(18)35)27(36)41-6-3-2-4-7-41/h5,8-12,24,30,36H,2-4,6-7,13-15H2,1H3,(H3-,37,38,39,46,48,49)/p+1/b36-27?,40-23-/t24-,30-/m1/s1. The second kappa shape index (κ2) is 14.4. The Balaban J connectivity index is 1.07. The number of benzene rings is 1. The second-order valence-electron chi connectivity index (χ2n) is 12.3. The Bertz CT molecular complexity index is 2170. The van der Waals surface area contributed by atoms with Crippen LogP contribution in [-0.4, -0.2) is 95.8 Å². The molecule has 7 rings (SSSR count). The van der Waals surface area contributed by atoms with E-state index >= 15 is 4.39 Å². The number of carbonyl (C=O) groups is 3. The minimum atomic E-state index is -1.28. The molecule has 2 atom stereocenters. The molecule has 0 unspecified atom stereocenters. The number of nitrogen functional groups attached to an aromatic ring is 1. The average molecular weight is 791 g/mol. The predicted molar refractivity (Wildman–Crippen MR) is 193 cm³/mol. The number of hydrogen-bond acceptors (Lipinski definition) is 10. The smallest absolute Gasteiger partial charge is 0.352 e. The zero-order valence-electron chi connectivity index (χ0n) is 27.5. The number of aliphatic carboxylic acids is 1. The van der Waals surface area contributed by atoms with E-state index in [1.165, 1.54) is 29.8 Å². The summed E-state index contributed by atoms with van der Waals surface area (Å²) in [5.41, 5.74) is 7.17. The van der Waals surface area contributed by atoms with Gasteiger partial charge < -0.3 is 25.9 Å². The lowest BCUT2D eigenvalue weighted by Crippen LogP contribution is -2.71. The monoisotopic (exact) mass is 789 g/mol. The predicted octanol–water partition coefficient (Wildman–Crippen LogP) is 3.16. The first-order valence-electron chi connectivity index (χ1n) is 16.1. The summed E-state index contributed by atoms with van der Waals surface area (Å²) in [6.07, 6.45) is 8.42. The van der Waals surface area contributed by atoms with Crippen molar-refractivity contribution >= 4 is 86.4 Å². The van der Waals surface area contributed by atoms with Crippen molar-refractivity contribution < 1.29 is 33.3 Å². The Hall–Kier alpha value is -4.65. The SMILES string of the molecule is CO/N=C(\C(=O)N[C@@H]1C(=O)N2C(C(=O)O)=C(Cn3ccc4n3cc[n+]4Cc3c(F)cc(C(=N)N4CCCCC4)cc3Cl)CS[C@H]12)c1nc(N)sc1Cl. The molecule has 52 heavy (non-hydrogen) atoms. The van der Waals surface area contributed by atoms with Crippen LogP contribution >= 0.6 is 46.3 Å². The molecular formula is C32H32Cl2FN10O5S2+. The lowest BCUT2D eigenvalue weighted by Gasteiger charge is -2.49. The molecule has 4 aromatic rings. The Labute approximate surface area is 313 Å². The van der Waals surface area contributed by atoms with E-state index in [1.54, 1.807) is 33.9 Å². The maximum absolute atomic E-state index is 15.5. The summed E-state index contributed by atoms with van der Waals surface area (Å²) in [6.45, 7) is 1.79. The lowest BCUT2D eigenvalue weighted by atomic mass is 10.0. The van der Waals surface area contributed by atoms with Gasteiger partial charge >= 0.3 is 11.6 Å². The van der Waals surface area contributed by atoms with Gasteiger partial charge in [0.05, 0.1) is 23.8 Å². The fraction of sp³-hybridized carbons (Fsp3) is 0.344. The number of anilines is 1. The van der Waals surface area contributed by atoms with E-state index in [9.17, 15) is 19.5 Å². The molecule has 3 aliphatic heterocycles. The number of carboxylic acid groups (broad SMARTS) is 1. The van der Waals surface area contributed by atoms with Crippen molar-refractivity contribution in [2.24, 2.45) is 5.16 Å². The number of nitrogens with two attached hydrogens (primary N) is 1. The van der Waals surface area contributed by atoms with Crippen LogP contribution in [0.3, 0.4) is 0 Å². The van der Waals surface area contributed by atoms with Crippen LogP contribution in [0.2, 0.25) is 9.36 Å². The maximum Gasteiger partial charge on any atom is 0.352 e. The average Bonchev–Trinajstić information content (AvgIpc) is 3.82. The molecule has 0 radical (unpaired) electrons. The number of thioether (sulfide) groups is 1. The normalized spacial score (nSPS) is 19.2. The zero-order chi connectivity index (χ0) is 36.8. The number of β-lactam (4-membered cyclic amide) rings is 1. The van der Waals surface area contributed by atoms with Crippen molar-refractivity contribution in [1.29, 1.82) is 5.41 Å². The fourth-order valence-electron chi connectivity index (χ4n) is 6.62. The van der Waals surface area contributed by atoms with Crippen molar-refractivity contribution in [3.63, 3.8) is 0 Å². The Morgan fingerprint density at radius 2 is 2.02 bits per heavy atom. The van der Waals surface area contributed by atoms with Crippen LogP contribution in [0.15, 0.2) is 53.2 Å². The van der Waals surface area contributed by atoms with Crippen LogP contribution in [0.4, 0.5) is 9.52 Å². The topological polar surface area (TPSA) is 188 Å². The van der Waals surface area contributed by atoms with Crippen LogP contribution in [0.5, 0.6) is 0 Å². The number of likely N-dealkylation sites (tertiary alicyclic amines) is 1. The highest BCUT2D eigenvalue weighted by molar-refractivity contribution is 8.00. The molecule has 6 heterocycles. The molecule has 2 fully saturated rings. The number of rotatable bonds is 10. The summed E-state index contributed by atoms with van der Waals surface area (Å²) in [5.74, 6) is -2.65. The number of thiazole rings is 1. The molecule has 3 aromatic heterocycles. The van der Waals surface area contributed by atoms with E-state index in [0.717, 1.165) is 43.7 Å². The van der Waals surface area contributed by atoms with E-state index < -0.39 is 35.0 Å². The molecule has 272 valence electrons. The van der Waals surface area contributed by atoms with Crippen molar-refractivity contribution in [3.8, 4) is 0 Å². The third kappa shape index (κ3) is 6.48. The number of hydrogen-bond donors (Lipinski definition) is 4. The molecule has 0 spiro atoms. The number of nitrogens with one attached hydrogen (secondary N) is 2. The van der Waals surface area contributed by atoms with Crippen molar-refractivity contribution in [1.82, 2.24) is 29.3 Å². The molecule has 5 N–H and O–H groups in total. The van der Waals surface area contributed by atoms with Gasteiger partial charge in [-0.05, 0) is 37.0 Å². The molecule has 15 nitrogen and oxygen atoms in total. The van der Waals surface area contributed by atoms with Gasteiger partial charge in [0.2, 0.25) is 0 Å². The van der Waals surface area contributed by atoms with Crippen LogP contribution < -0.4 is 15.6 Å². The zero-order valence-corrected chi connectivity index (χ0v) is 30.7. The van der Waals surface area contributed by atoms with Gasteiger partial charge in [-0.2, -0.15) is 0 Å². The first kappa shape index (κ1) is 35.7. The van der Waals surface area contributed by atoms with Crippen molar-refractivity contribution in [2.45, 2.75) is 43.8 Å². The lowest BCUT2D eigenvalue weighted by molar-refractivity contribution is -0.662. The first-order valence-corrected chi connectivity index (χ1v) is 18.7. The Morgan fingerprint density at radius 1 is 1.25 bits per heavy atom. The van der Waals surface area contributed by atoms with Crippen LogP contribution in [0.25, 0.3) is 5.65 Å². The highest BCUT2D eigenvalue weighted by Gasteiger charge is 2.54. The molecule has 20 heteroatoms. The Kier molecular flexibility index (Phi) is 9.90. The number of oxime groups is 1. The van der Waals surface area contributed by atoms with Crippen LogP contribution in [0, 0.1) is 11.2 Å². The number of amidine groups is 1. The summed E-state index contributed by atoms with van der Waals surface area (Å²) in [5, 5.41) is 24.8. The summed E-state index contributed by atoms with van der Waals surface area (Å²) in [7, 11) is 1.24. The van der Waals surface area contributed by atoms with E-state index in [0.29, 0.717) is 16.8 Å². The minimum absolute atomic E-state index is 0.00280. The maximum atomic E-state index is 15.5. The van der Waals surface area contributed by atoms with Crippen molar-refractivity contribution in [2.75, 3.05) is 31.7 Å². The molecule has 2 saturated heterocycles. The quantitative estimate of drug-likeness (QED) is 0.0616. The second-order valence-corrected chi connectivity index (χ2v) is 15.4. The van der Waals surface area contributed by atoms with Crippen LogP contribution in [-0.2, 0) is 32.3 Å². The highest BCUT2D eigenvalue weighted by atomic mass is 35.5. The molecule has 0 saturated carbocycles. The van der Waals surface area contributed by atoms with Gasteiger partial charge in [0.1, 0.15) is 58.6 Å². The van der Waals surface area contributed by atoms with Gasteiger partial charge in [0.15, 0.2) is 17.0 Å². The number of carbonyl (C=O) groups excluding carboxylic acids is 2. The molecule has 2 amide bonds. The number of carboxylic acids is 1. The van der Waals surface area contributed by atoms with Crippen LogP contribution in [0.1, 0.15) is 36.1 Å². The number of piperidine rings is 1. The third-order valence-electron chi connectivity index (χ3n) is 9.12. The summed E-state index contributed by atoms with van der Waals surface area (Å²) < 4.78 is 21.0. The van der Waals surface area contributed by atoms with Gasteiger partial charge in [0, 0.05) is 30.0 Å². The number of halogens is 3. The Morgan fingerprint density at radius 3 is 2.69 bits per heavy atom. The number of nitrogens with zero attached hydrogens (tertiary/aromatic N) is 7. The van der Waals surface area contributed by atoms with Gasteiger partial charge in [-0.15, -0.1) is 16.3 Å². The fourth-order valence-corrected chi connectivity index (χ4v) is 9.15. The van der Waals surface area contributed by atoms with E-state index in [-0.39, 0.29) is 61.8 Å². The number of amides is 2. The van der Waals surface area contributed by atoms with E-state index in [2.05, 4.69) is 15.5 Å². The summed E-state index contributed by atoms with van der Waals surface area (Å²) in [6, 6.07) is 3.77. The minimum Gasteiger partial charge on any atom is -0.477 e. The van der Waals surface area contributed by atoms with Gasteiger partial charge in [-0.25, -0.2) is 23.4 Å². The third-order valence-corrected chi connectivity index (χ3v) is 11.9. The highest BCUT2D eigenvalue weighted by Crippen LogP contribution is 2.41. The number of fused-ring (bicyclic) bond motifs is 2. The first-order chi connectivity index (χ1) is 25.0. The van der Waals surface area contributed by atoms with Gasteiger partial charge in [-0.3, -0.25) is 19.9 Å². The van der Waals surface area contributed by atoms with Gasteiger partial charge in [-0.1, -0.05) is 39.7 Å². The number of imidazole rings is 1. The summed E-state index contributed by atoms with van der Waals surface area (Å²) >= 11 is 15.0. The molecule has 3 aliphatic rings. The van der Waals surface area contributed by atoms with E-state index in [1.807, 2.05) is 15.5 Å². The molecule has 0 aliphatic carbocycles. The molecule has 0 bridgehead atoms. The largest absolute Gasteiger partial charge is 0.477 e. The number of aromatic nitrogens is 4.